The lowest BCUT2D eigenvalue weighted by Gasteiger charge is -2.17. The third kappa shape index (κ3) is 5.64. The Labute approximate surface area is 180 Å². The van der Waals surface area contributed by atoms with Crippen LogP contribution in [0.1, 0.15) is 28.2 Å². The van der Waals surface area contributed by atoms with Crippen molar-refractivity contribution in [2.24, 2.45) is 5.92 Å². The van der Waals surface area contributed by atoms with Crippen molar-refractivity contribution in [3.63, 3.8) is 0 Å². The van der Waals surface area contributed by atoms with E-state index in [2.05, 4.69) is 20.5 Å². The molecule has 2 N–H and O–H groups in total. The van der Waals surface area contributed by atoms with Crippen LogP contribution in [-0.4, -0.2) is 66.2 Å². The first-order valence-corrected chi connectivity index (χ1v) is 10.7. The van der Waals surface area contributed by atoms with E-state index in [9.17, 15) is 14.4 Å². The monoisotopic (exact) mass is 429 g/mol. The maximum atomic E-state index is 12.6. The van der Waals surface area contributed by atoms with Crippen LogP contribution in [0.25, 0.3) is 0 Å². The molecule has 1 saturated heterocycles. The lowest BCUT2D eigenvalue weighted by Crippen LogP contribution is -2.30. The largest absolute Gasteiger partial charge is 0.342 e. The minimum Gasteiger partial charge on any atom is -0.342 e. The Hall–Kier alpha value is -2.78. The summed E-state index contributed by atoms with van der Waals surface area (Å²) in [6.45, 7) is 3.70. The summed E-state index contributed by atoms with van der Waals surface area (Å²) in [6.07, 6.45) is 1.08. The van der Waals surface area contributed by atoms with Gasteiger partial charge in [0.15, 0.2) is 5.13 Å². The summed E-state index contributed by atoms with van der Waals surface area (Å²) in [4.78, 5) is 45.9. The van der Waals surface area contributed by atoms with Crippen molar-refractivity contribution in [3.8, 4) is 0 Å². The van der Waals surface area contributed by atoms with Gasteiger partial charge in [-0.3, -0.25) is 14.4 Å². The quantitative estimate of drug-likeness (QED) is 0.672. The van der Waals surface area contributed by atoms with Gasteiger partial charge in [-0.25, -0.2) is 4.98 Å². The molecule has 1 atom stereocenters. The summed E-state index contributed by atoms with van der Waals surface area (Å²) < 4.78 is 0. The van der Waals surface area contributed by atoms with Gasteiger partial charge in [0.2, 0.25) is 11.8 Å². The number of para-hydroxylation sites is 1. The molecule has 160 valence electrons. The van der Waals surface area contributed by atoms with Crippen molar-refractivity contribution in [3.05, 3.63) is 40.9 Å². The van der Waals surface area contributed by atoms with Crippen molar-refractivity contribution in [2.75, 3.05) is 44.4 Å². The number of aryl methyl sites for hydroxylation is 1. The molecule has 0 spiro atoms. The minimum atomic E-state index is -0.400. The average molecular weight is 430 g/mol. The van der Waals surface area contributed by atoms with Crippen LogP contribution in [0.4, 0.5) is 10.8 Å². The first-order chi connectivity index (χ1) is 14.3. The molecule has 1 aliphatic rings. The van der Waals surface area contributed by atoms with Gasteiger partial charge in [0.25, 0.3) is 5.91 Å². The Balaban J connectivity index is 1.56. The molecule has 0 saturated carbocycles. The molecule has 0 radical (unpaired) electrons. The standard InChI is InChI=1S/C21H27N5O3S/c1-14-18(20(29)23-16-8-5-4-6-9-16)30-21(22-14)24-19(28)15-12-17(27)26(13-15)11-7-10-25(2)3/h4-6,8-9,15H,7,10-13H2,1-3H3,(H,23,29)(H,22,24,28). The maximum absolute atomic E-state index is 12.6. The summed E-state index contributed by atoms with van der Waals surface area (Å²) in [5.41, 5.74) is 1.25. The Morgan fingerprint density at radius 3 is 2.67 bits per heavy atom. The molecule has 1 aromatic carbocycles. The highest BCUT2D eigenvalue weighted by Crippen LogP contribution is 2.26. The van der Waals surface area contributed by atoms with Crippen LogP contribution in [0.5, 0.6) is 0 Å². The summed E-state index contributed by atoms with van der Waals surface area (Å²) in [7, 11) is 3.99. The van der Waals surface area contributed by atoms with Gasteiger partial charge in [0, 0.05) is 25.2 Å². The fraction of sp³-hybridized carbons (Fsp3) is 0.429. The Bertz CT molecular complexity index is 913. The number of amides is 3. The molecule has 2 heterocycles. The van der Waals surface area contributed by atoms with Gasteiger partial charge in [-0.15, -0.1) is 0 Å². The van der Waals surface area contributed by atoms with Gasteiger partial charge in [0.1, 0.15) is 4.88 Å². The van der Waals surface area contributed by atoms with E-state index in [1.165, 1.54) is 0 Å². The lowest BCUT2D eigenvalue weighted by atomic mass is 10.1. The Kier molecular flexibility index (Phi) is 7.17. The number of nitrogens with zero attached hydrogens (tertiary/aromatic N) is 3. The molecule has 0 aliphatic carbocycles. The molecule has 1 aliphatic heterocycles. The zero-order valence-corrected chi connectivity index (χ0v) is 18.3. The molecule has 8 nitrogen and oxygen atoms in total. The number of benzene rings is 1. The van der Waals surface area contributed by atoms with E-state index < -0.39 is 5.92 Å². The first-order valence-electron chi connectivity index (χ1n) is 9.90. The van der Waals surface area contributed by atoms with Crippen LogP contribution in [0, 0.1) is 12.8 Å². The molecule has 30 heavy (non-hydrogen) atoms. The van der Waals surface area contributed by atoms with E-state index in [1.807, 2.05) is 32.3 Å². The van der Waals surface area contributed by atoms with E-state index in [-0.39, 0.29) is 24.1 Å². The van der Waals surface area contributed by atoms with E-state index in [0.717, 1.165) is 24.3 Å². The number of hydrogen-bond acceptors (Lipinski definition) is 6. The number of thiazole rings is 1. The zero-order valence-electron chi connectivity index (χ0n) is 17.5. The molecule has 9 heteroatoms. The highest BCUT2D eigenvalue weighted by Gasteiger charge is 2.34. The summed E-state index contributed by atoms with van der Waals surface area (Å²) in [5.74, 6) is -0.892. The number of carbonyl (C=O) groups excluding carboxylic acids is 3. The van der Waals surface area contributed by atoms with Crippen molar-refractivity contribution >= 4 is 39.9 Å². The van der Waals surface area contributed by atoms with E-state index in [0.29, 0.717) is 34.5 Å². The Morgan fingerprint density at radius 2 is 1.97 bits per heavy atom. The van der Waals surface area contributed by atoms with Crippen LogP contribution in [0.3, 0.4) is 0 Å². The number of aromatic nitrogens is 1. The maximum Gasteiger partial charge on any atom is 0.267 e. The summed E-state index contributed by atoms with van der Waals surface area (Å²) in [6, 6.07) is 9.16. The molecule has 2 aromatic rings. The molecule has 3 amide bonds. The third-order valence-electron chi connectivity index (χ3n) is 4.88. The van der Waals surface area contributed by atoms with Gasteiger partial charge in [-0.1, -0.05) is 29.5 Å². The van der Waals surface area contributed by atoms with Crippen molar-refractivity contribution in [2.45, 2.75) is 19.8 Å². The SMILES string of the molecule is Cc1nc(NC(=O)C2CC(=O)N(CCCN(C)C)C2)sc1C(=O)Nc1ccccc1. The van der Waals surface area contributed by atoms with Crippen LogP contribution in [0.2, 0.25) is 0 Å². The second kappa shape index (κ2) is 9.82. The first kappa shape index (κ1) is 21.9. The minimum absolute atomic E-state index is 0.00662. The van der Waals surface area contributed by atoms with Crippen molar-refractivity contribution < 1.29 is 14.4 Å². The van der Waals surface area contributed by atoms with Gasteiger partial charge in [-0.05, 0) is 46.1 Å². The molecular weight excluding hydrogens is 402 g/mol. The molecular formula is C21H27N5O3S. The van der Waals surface area contributed by atoms with Crippen LogP contribution >= 0.6 is 11.3 Å². The van der Waals surface area contributed by atoms with E-state index >= 15 is 0 Å². The number of likely N-dealkylation sites (tertiary alicyclic amines) is 1. The zero-order chi connectivity index (χ0) is 21.7. The van der Waals surface area contributed by atoms with Crippen LogP contribution in [0.15, 0.2) is 30.3 Å². The highest BCUT2D eigenvalue weighted by molar-refractivity contribution is 7.17. The highest BCUT2D eigenvalue weighted by atomic mass is 32.1. The lowest BCUT2D eigenvalue weighted by molar-refractivity contribution is -0.128. The van der Waals surface area contributed by atoms with Gasteiger partial charge < -0.3 is 20.4 Å². The third-order valence-corrected chi connectivity index (χ3v) is 5.95. The summed E-state index contributed by atoms with van der Waals surface area (Å²) in [5, 5.41) is 5.97. The molecule has 1 unspecified atom stereocenters. The van der Waals surface area contributed by atoms with Crippen molar-refractivity contribution in [1.82, 2.24) is 14.8 Å². The topological polar surface area (TPSA) is 94.6 Å². The van der Waals surface area contributed by atoms with E-state index in [1.54, 1.807) is 24.0 Å². The predicted molar refractivity (Wildman–Crippen MR) is 118 cm³/mol. The summed E-state index contributed by atoms with van der Waals surface area (Å²) >= 11 is 1.13. The molecule has 3 rings (SSSR count). The van der Waals surface area contributed by atoms with Gasteiger partial charge in [0.05, 0.1) is 11.6 Å². The molecule has 1 fully saturated rings. The Morgan fingerprint density at radius 1 is 1.23 bits per heavy atom. The predicted octanol–water partition coefficient (Wildman–Crippen LogP) is 2.44. The van der Waals surface area contributed by atoms with Crippen molar-refractivity contribution in [1.29, 1.82) is 0 Å². The smallest absolute Gasteiger partial charge is 0.267 e. The average Bonchev–Trinajstić information content (AvgIpc) is 3.25. The van der Waals surface area contributed by atoms with Gasteiger partial charge >= 0.3 is 0 Å². The number of rotatable bonds is 8. The second-order valence-corrected chi connectivity index (χ2v) is 8.64. The fourth-order valence-electron chi connectivity index (χ4n) is 3.32. The number of hydrogen-bond donors (Lipinski definition) is 2. The van der Waals surface area contributed by atoms with E-state index in [4.69, 9.17) is 0 Å². The normalized spacial score (nSPS) is 16.2. The fourth-order valence-corrected chi connectivity index (χ4v) is 4.18. The molecule has 1 aromatic heterocycles. The van der Waals surface area contributed by atoms with Crippen LogP contribution < -0.4 is 10.6 Å². The number of nitrogens with one attached hydrogen (secondary N) is 2. The van der Waals surface area contributed by atoms with Crippen LogP contribution in [-0.2, 0) is 9.59 Å². The van der Waals surface area contributed by atoms with Gasteiger partial charge in [-0.2, -0.15) is 0 Å². The second-order valence-electron chi connectivity index (χ2n) is 7.64. The number of carbonyl (C=O) groups is 3. The number of anilines is 2. The molecule has 0 bridgehead atoms.